The van der Waals surface area contributed by atoms with Gasteiger partial charge in [-0.15, -0.1) is 0 Å². The second-order valence-electron chi connectivity index (χ2n) is 10.2. The predicted molar refractivity (Wildman–Crippen MR) is 151 cm³/mol. The average Bonchev–Trinajstić information content (AvgIpc) is 2.93. The Bertz CT molecular complexity index is 1240. The predicted octanol–water partition coefficient (Wildman–Crippen LogP) is 0.274. The minimum atomic E-state index is -0.574. The zero-order valence-electron chi connectivity index (χ0n) is 22.5. The van der Waals surface area contributed by atoms with Crippen LogP contribution in [0.4, 0.5) is 11.6 Å². The summed E-state index contributed by atoms with van der Waals surface area (Å²) in [6, 6.07) is 5.98. The second kappa shape index (κ2) is 12.5. The van der Waals surface area contributed by atoms with E-state index in [2.05, 4.69) is 38.6 Å². The van der Waals surface area contributed by atoms with Crippen molar-refractivity contribution in [1.82, 2.24) is 25.1 Å². The molecule has 212 valence electrons. The quantitative estimate of drug-likeness (QED) is 0.259. The Balaban J connectivity index is 1.37. The second-order valence-corrected chi connectivity index (χ2v) is 10.2. The van der Waals surface area contributed by atoms with E-state index in [1.165, 1.54) is 0 Å². The van der Waals surface area contributed by atoms with E-state index in [-0.39, 0.29) is 42.3 Å². The number of nitrogens with two attached hydrogens (primary N) is 2. The SMILES string of the molecule is C=C(N)c1cc(O)ccc1CN1CCC(N2CCN(c3nc(N)c(C(=O)NCCO)[nH]c3=O)CC2CC)CC1. The van der Waals surface area contributed by atoms with Gasteiger partial charge in [-0.3, -0.25) is 19.4 Å². The van der Waals surface area contributed by atoms with Crippen molar-refractivity contribution >= 4 is 23.2 Å². The lowest BCUT2D eigenvalue weighted by Gasteiger charge is -2.47. The number of phenolic OH excluding ortho intramolecular Hbond substituents is 1. The van der Waals surface area contributed by atoms with E-state index in [0.717, 1.165) is 56.6 Å². The van der Waals surface area contributed by atoms with Crippen molar-refractivity contribution in [2.75, 3.05) is 56.5 Å². The van der Waals surface area contributed by atoms with Gasteiger partial charge in [-0.2, -0.15) is 0 Å². The molecule has 1 aromatic heterocycles. The van der Waals surface area contributed by atoms with E-state index in [0.29, 0.717) is 24.8 Å². The number of hydrogen-bond donors (Lipinski definition) is 6. The molecule has 2 aliphatic rings. The van der Waals surface area contributed by atoms with Gasteiger partial charge >= 0.3 is 0 Å². The minimum absolute atomic E-state index is 0.0436. The number of hydrogen-bond acceptors (Lipinski definition) is 10. The molecule has 0 saturated carbocycles. The Morgan fingerprint density at radius 1 is 1.26 bits per heavy atom. The number of nitrogens with one attached hydrogen (secondary N) is 2. The Kier molecular flexibility index (Phi) is 9.10. The van der Waals surface area contributed by atoms with E-state index < -0.39 is 11.5 Å². The number of piperidine rings is 1. The number of likely N-dealkylation sites (tertiary alicyclic amines) is 1. The fourth-order valence-corrected chi connectivity index (χ4v) is 5.66. The highest BCUT2D eigenvalue weighted by Crippen LogP contribution is 2.27. The molecule has 0 bridgehead atoms. The van der Waals surface area contributed by atoms with Crippen LogP contribution in [0.3, 0.4) is 0 Å². The Labute approximate surface area is 228 Å². The topological polar surface area (TPSA) is 177 Å². The molecule has 2 aliphatic heterocycles. The maximum Gasteiger partial charge on any atom is 0.291 e. The number of carbonyl (C=O) groups is 1. The lowest BCUT2D eigenvalue weighted by Crippen LogP contribution is -2.59. The molecule has 12 heteroatoms. The highest BCUT2D eigenvalue weighted by atomic mass is 16.3. The summed E-state index contributed by atoms with van der Waals surface area (Å²) in [5.41, 5.74) is 13.7. The summed E-state index contributed by atoms with van der Waals surface area (Å²) in [5.74, 6) is -0.207. The van der Waals surface area contributed by atoms with Crippen molar-refractivity contribution in [2.45, 2.75) is 44.8 Å². The first-order chi connectivity index (χ1) is 18.7. The molecular formula is C27H40N8O4. The summed E-state index contributed by atoms with van der Waals surface area (Å²) >= 11 is 0. The van der Waals surface area contributed by atoms with Gasteiger partial charge < -0.3 is 36.9 Å². The number of H-pyrrole nitrogens is 1. The highest BCUT2D eigenvalue weighted by molar-refractivity contribution is 5.96. The molecule has 3 heterocycles. The van der Waals surface area contributed by atoms with Crippen LogP contribution in [0.15, 0.2) is 29.6 Å². The zero-order valence-corrected chi connectivity index (χ0v) is 22.5. The molecule has 1 unspecified atom stereocenters. The summed E-state index contributed by atoms with van der Waals surface area (Å²) < 4.78 is 0. The summed E-state index contributed by atoms with van der Waals surface area (Å²) in [6.45, 7) is 10.6. The van der Waals surface area contributed by atoms with Gasteiger partial charge in [0.05, 0.1) is 6.61 Å². The maximum atomic E-state index is 12.8. The van der Waals surface area contributed by atoms with Crippen LogP contribution in [0.2, 0.25) is 0 Å². The molecule has 2 saturated heterocycles. The minimum Gasteiger partial charge on any atom is -0.508 e. The van der Waals surface area contributed by atoms with Crippen LogP contribution in [0.25, 0.3) is 5.70 Å². The van der Waals surface area contributed by atoms with Crippen LogP contribution < -0.4 is 27.2 Å². The van der Waals surface area contributed by atoms with Gasteiger partial charge in [-0.1, -0.05) is 19.6 Å². The number of rotatable bonds is 9. The number of piperazine rings is 1. The third kappa shape index (κ3) is 6.52. The lowest BCUT2D eigenvalue weighted by atomic mass is 9.97. The number of nitrogens with zero attached hydrogens (tertiary/aromatic N) is 4. The van der Waals surface area contributed by atoms with Crippen LogP contribution >= 0.6 is 0 Å². The highest BCUT2D eigenvalue weighted by Gasteiger charge is 2.34. The van der Waals surface area contributed by atoms with E-state index in [9.17, 15) is 14.7 Å². The zero-order chi connectivity index (χ0) is 28.1. The molecule has 12 nitrogen and oxygen atoms in total. The first-order valence-electron chi connectivity index (χ1n) is 13.5. The summed E-state index contributed by atoms with van der Waals surface area (Å²) in [5, 5.41) is 21.2. The number of aromatic amines is 1. The number of aliphatic hydroxyl groups is 1. The largest absolute Gasteiger partial charge is 0.508 e. The number of amides is 1. The van der Waals surface area contributed by atoms with Crippen LogP contribution in [-0.2, 0) is 6.54 Å². The molecule has 1 aromatic carbocycles. The molecule has 1 atom stereocenters. The maximum absolute atomic E-state index is 12.8. The Morgan fingerprint density at radius 2 is 2.00 bits per heavy atom. The number of aromatic hydroxyl groups is 1. The van der Waals surface area contributed by atoms with Crippen molar-refractivity contribution in [2.24, 2.45) is 5.73 Å². The third-order valence-electron chi connectivity index (χ3n) is 7.71. The van der Waals surface area contributed by atoms with Crippen LogP contribution in [0.5, 0.6) is 5.75 Å². The number of nitrogen functional groups attached to an aromatic ring is 1. The van der Waals surface area contributed by atoms with Gasteiger partial charge in [0.1, 0.15) is 11.4 Å². The first kappa shape index (κ1) is 28.4. The number of aliphatic hydroxyl groups excluding tert-OH is 1. The van der Waals surface area contributed by atoms with Crippen LogP contribution in [0.1, 0.15) is 47.8 Å². The third-order valence-corrected chi connectivity index (χ3v) is 7.71. The fraction of sp³-hybridized carbons (Fsp3) is 0.519. The fourth-order valence-electron chi connectivity index (χ4n) is 5.66. The van der Waals surface area contributed by atoms with E-state index in [1.54, 1.807) is 12.1 Å². The van der Waals surface area contributed by atoms with Crippen molar-refractivity contribution in [3.05, 3.63) is 52.0 Å². The van der Waals surface area contributed by atoms with Gasteiger partial charge in [0, 0.05) is 56.1 Å². The summed E-state index contributed by atoms with van der Waals surface area (Å²) in [4.78, 5) is 38.8. The van der Waals surface area contributed by atoms with E-state index >= 15 is 0 Å². The Morgan fingerprint density at radius 3 is 2.67 bits per heavy atom. The van der Waals surface area contributed by atoms with Gasteiger partial charge in [-0.25, -0.2) is 4.98 Å². The molecular weight excluding hydrogens is 500 g/mol. The molecule has 1 amide bonds. The standard InChI is InChI=1S/C27H40N8O4/c1-3-19-16-34(25-27(39)31-23(24(29)32-25)26(38)30-8-13-36)11-12-35(19)20-6-9-33(10-7-20)15-18-4-5-21(37)14-22(18)17(2)28/h4-5,14,19-20,36-37H,2-3,6-13,15-16,28H2,1H3,(H2,29,32)(H,30,38)(H,31,39). The van der Waals surface area contributed by atoms with Crippen LogP contribution in [0, 0.1) is 0 Å². The molecule has 4 rings (SSSR count). The lowest BCUT2D eigenvalue weighted by molar-refractivity contribution is 0.0610. The smallest absolute Gasteiger partial charge is 0.291 e. The van der Waals surface area contributed by atoms with Crippen molar-refractivity contribution in [3.8, 4) is 5.75 Å². The van der Waals surface area contributed by atoms with E-state index in [4.69, 9.17) is 16.6 Å². The molecule has 8 N–H and O–H groups in total. The molecule has 2 fully saturated rings. The number of phenols is 1. The van der Waals surface area contributed by atoms with Crippen molar-refractivity contribution < 1.29 is 15.0 Å². The number of aromatic nitrogens is 2. The number of carbonyl (C=O) groups excluding carboxylic acids is 1. The van der Waals surface area contributed by atoms with Crippen molar-refractivity contribution in [1.29, 1.82) is 0 Å². The summed E-state index contributed by atoms with van der Waals surface area (Å²) in [7, 11) is 0. The van der Waals surface area contributed by atoms with Gasteiger partial charge in [0.15, 0.2) is 11.6 Å². The number of anilines is 2. The normalized spacial score (nSPS) is 19.2. The summed E-state index contributed by atoms with van der Waals surface area (Å²) in [6.07, 6.45) is 3.01. The number of benzene rings is 1. The molecule has 2 aromatic rings. The molecule has 0 spiro atoms. The van der Waals surface area contributed by atoms with Gasteiger partial charge in [0.2, 0.25) is 0 Å². The van der Waals surface area contributed by atoms with Gasteiger partial charge in [0.25, 0.3) is 11.5 Å². The van der Waals surface area contributed by atoms with Crippen LogP contribution in [-0.4, -0.2) is 93.8 Å². The first-order valence-corrected chi connectivity index (χ1v) is 13.5. The van der Waals surface area contributed by atoms with E-state index in [1.807, 2.05) is 11.0 Å². The molecule has 39 heavy (non-hydrogen) atoms. The Hall–Kier alpha value is -3.61. The van der Waals surface area contributed by atoms with Gasteiger partial charge in [-0.05, 0) is 50.0 Å². The van der Waals surface area contributed by atoms with Crippen molar-refractivity contribution in [3.63, 3.8) is 0 Å². The molecule has 0 radical (unpaired) electrons. The average molecular weight is 541 g/mol. The monoisotopic (exact) mass is 540 g/mol. The molecule has 0 aliphatic carbocycles.